The standard InChI is InChI=1S/C24H25F3N2O/c25-24(26,27)19-9-7-16(8-10-19)15-1-5-18(6-2-15)23(30)22-20(17-3-4-17)11-12-29-14-28-13-21(22)29/h7-15,17-18,23,30H,1-6H2/t15-,18-,23-/m0/s1. The van der Waals surface area contributed by atoms with Gasteiger partial charge >= 0.3 is 6.18 Å². The van der Waals surface area contributed by atoms with Gasteiger partial charge in [0.05, 0.1) is 29.7 Å². The van der Waals surface area contributed by atoms with Gasteiger partial charge in [-0.1, -0.05) is 12.1 Å². The predicted octanol–water partition coefficient (Wildman–Crippen LogP) is 6.24. The molecular formula is C24H25F3N2O. The molecule has 1 N–H and O–H groups in total. The molecule has 0 unspecified atom stereocenters. The van der Waals surface area contributed by atoms with E-state index in [1.165, 1.54) is 30.5 Å². The van der Waals surface area contributed by atoms with Crippen molar-refractivity contribution in [3.05, 3.63) is 71.3 Å². The number of imidazole rings is 1. The lowest BCUT2D eigenvalue weighted by atomic mass is 9.74. The molecule has 2 aliphatic rings. The van der Waals surface area contributed by atoms with Crippen LogP contribution in [0.3, 0.4) is 0 Å². The average Bonchev–Trinajstić information content (AvgIpc) is 3.48. The number of aliphatic hydroxyl groups is 1. The second-order valence-corrected chi connectivity index (χ2v) is 8.82. The zero-order valence-electron chi connectivity index (χ0n) is 16.6. The lowest BCUT2D eigenvalue weighted by Crippen LogP contribution is -2.21. The molecule has 2 heterocycles. The number of hydrogen-bond acceptors (Lipinski definition) is 2. The number of pyridine rings is 1. The quantitative estimate of drug-likeness (QED) is 0.549. The number of nitrogens with zero attached hydrogens (tertiary/aromatic N) is 2. The number of halogens is 3. The molecule has 3 aromatic rings. The van der Waals surface area contributed by atoms with E-state index in [1.54, 1.807) is 18.5 Å². The van der Waals surface area contributed by atoms with E-state index in [2.05, 4.69) is 11.1 Å². The predicted molar refractivity (Wildman–Crippen MR) is 108 cm³/mol. The third kappa shape index (κ3) is 3.62. The van der Waals surface area contributed by atoms with E-state index in [0.29, 0.717) is 5.92 Å². The smallest absolute Gasteiger partial charge is 0.388 e. The number of benzene rings is 1. The summed E-state index contributed by atoms with van der Waals surface area (Å²) in [6.45, 7) is 0. The maximum atomic E-state index is 12.8. The summed E-state index contributed by atoms with van der Waals surface area (Å²) in [5.41, 5.74) is 3.62. The number of hydrogen-bond donors (Lipinski definition) is 1. The molecule has 2 saturated carbocycles. The summed E-state index contributed by atoms with van der Waals surface area (Å²) >= 11 is 0. The Labute approximate surface area is 173 Å². The van der Waals surface area contributed by atoms with Crippen LogP contribution in [0.4, 0.5) is 13.2 Å². The van der Waals surface area contributed by atoms with Gasteiger partial charge < -0.3 is 9.51 Å². The van der Waals surface area contributed by atoms with E-state index in [9.17, 15) is 18.3 Å². The van der Waals surface area contributed by atoms with Crippen LogP contribution in [0.15, 0.2) is 49.1 Å². The van der Waals surface area contributed by atoms with Crippen molar-refractivity contribution in [2.45, 2.75) is 62.6 Å². The normalized spacial score (nSPS) is 23.6. The van der Waals surface area contributed by atoms with E-state index in [-0.39, 0.29) is 11.8 Å². The van der Waals surface area contributed by atoms with E-state index in [0.717, 1.165) is 42.3 Å². The molecular weight excluding hydrogens is 389 g/mol. The molecule has 6 heteroatoms. The Balaban J connectivity index is 1.32. The highest BCUT2D eigenvalue weighted by molar-refractivity contribution is 5.59. The average molecular weight is 414 g/mol. The Bertz CT molecular complexity index is 1030. The highest BCUT2D eigenvalue weighted by atomic mass is 19.4. The highest BCUT2D eigenvalue weighted by Crippen LogP contribution is 2.48. The number of alkyl halides is 3. The van der Waals surface area contributed by atoms with Crippen molar-refractivity contribution in [1.29, 1.82) is 0 Å². The number of fused-ring (bicyclic) bond motifs is 1. The third-order valence-corrected chi connectivity index (χ3v) is 6.91. The van der Waals surface area contributed by atoms with Crippen molar-refractivity contribution in [3.8, 4) is 0 Å². The molecule has 0 aliphatic heterocycles. The van der Waals surface area contributed by atoms with Gasteiger partial charge in [-0.25, -0.2) is 4.98 Å². The second kappa shape index (κ2) is 7.41. The minimum absolute atomic E-state index is 0.161. The topological polar surface area (TPSA) is 37.5 Å². The van der Waals surface area contributed by atoms with Gasteiger partial charge in [-0.3, -0.25) is 0 Å². The minimum atomic E-state index is -4.30. The van der Waals surface area contributed by atoms with Crippen LogP contribution in [0.1, 0.15) is 78.7 Å². The Morgan fingerprint density at radius 2 is 1.60 bits per heavy atom. The van der Waals surface area contributed by atoms with Crippen LogP contribution in [-0.4, -0.2) is 14.5 Å². The lowest BCUT2D eigenvalue weighted by Gasteiger charge is -2.33. The summed E-state index contributed by atoms with van der Waals surface area (Å²) in [6.07, 6.45) is 6.63. The Kier molecular flexibility index (Phi) is 4.85. The van der Waals surface area contributed by atoms with Crippen molar-refractivity contribution in [2.24, 2.45) is 5.92 Å². The first kappa shape index (κ1) is 19.6. The van der Waals surface area contributed by atoms with Crippen LogP contribution < -0.4 is 0 Å². The van der Waals surface area contributed by atoms with Crippen LogP contribution >= 0.6 is 0 Å². The van der Waals surface area contributed by atoms with Crippen molar-refractivity contribution in [3.63, 3.8) is 0 Å². The van der Waals surface area contributed by atoms with Crippen molar-refractivity contribution >= 4 is 5.52 Å². The first-order valence-electron chi connectivity index (χ1n) is 10.7. The van der Waals surface area contributed by atoms with Crippen LogP contribution in [0.25, 0.3) is 5.52 Å². The maximum absolute atomic E-state index is 12.8. The second-order valence-electron chi connectivity index (χ2n) is 8.82. The fourth-order valence-corrected chi connectivity index (χ4v) is 5.05. The van der Waals surface area contributed by atoms with E-state index >= 15 is 0 Å². The molecule has 1 atom stereocenters. The number of aromatic nitrogens is 2. The van der Waals surface area contributed by atoms with Gasteiger partial charge in [0.1, 0.15) is 0 Å². The van der Waals surface area contributed by atoms with Gasteiger partial charge in [-0.05, 0) is 85.6 Å². The Morgan fingerprint density at radius 3 is 2.23 bits per heavy atom. The molecule has 3 nitrogen and oxygen atoms in total. The molecule has 30 heavy (non-hydrogen) atoms. The van der Waals surface area contributed by atoms with Crippen LogP contribution in [0, 0.1) is 5.92 Å². The van der Waals surface area contributed by atoms with Gasteiger partial charge in [0.15, 0.2) is 0 Å². The monoisotopic (exact) mass is 414 g/mol. The van der Waals surface area contributed by atoms with Crippen molar-refractivity contribution in [2.75, 3.05) is 0 Å². The molecule has 158 valence electrons. The zero-order chi connectivity index (χ0) is 20.9. The highest BCUT2D eigenvalue weighted by Gasteiger charge is 2.35. The molecule has 1 aromatic carbocycles. The zero-order valence-corrected chi connectivity index (χ0v) is 16.6. The molecule has 0 spiro atoms. The van der Waals surface area contributed by atoms with Crippen molar-refractivity contribution < 1.29 is 18.3 Å². The fraction of sp³-hybridized carbons (Fsp3) is 0.458. The SMILES string of the molecule is O[C@H](c1c(C2CC2)ccn2cncc12)[C@H]1CC[C@H](c2ccc(C(F)(F)F)cc2)CC1. The summed E-state index contributed by atoms with van der Waals surface area (Å²) in [4.78, 5) is 4.26. The van der Waals surface area contributed by atoms with E-state index in [4.69, 9.17) is 0 Å². The fourth-order valence-electron chi connectivity index (χ4n) is 5.05. The molecule has 0 saturated heterocycles. The molecule has 2 fully saturated rings. The van der Waals surface area contributed by atoms with Crippen LogP contribution in [0.2, 0.25) is 0 Å². The van der Waals surface area contributed by atoms with Gasteiger partial charge in [0.2, 0.25) is 0 Å². The lowest BCUT2D eigenvalue weighted by molar-refractivity contribution is -0.137. The van der Waals surface area contributed by atoms with Gasteiger partial charge in [0, 0.05) is 11.8 Å². The Hall–Kier alpha value is -2.34. The molecule has 0 bridgehead atoms. The van der Waals surface area contributed by atoms with E-state index in [1.807, 2.05) is 16.8 Å². The molecule has 5 rings (SSSR count). The summed E-state index contributed by atoms with van der Waals surface area (Å²) in [7, 11) is 0. The Morgan fingerprint density at radius 1 is 0.933 bits per heavy atom. The van der Waals surface area contributed by atoms with Gasteiger partial charge in [-0.2, -0.15) is 13.2 Å². The summed E-state index contributed by atoms with van der Waals surface area (Å²) in [5, 5.41) is 11.3. The first-order chi connectivity index (χ1) is 14.4. The molecule has 0 radical (unpaired) electrons. The largest absolute Gasteiger partial charge is 0.416 e. The van der Waals surface area contributed by atoms with E-state index < -0.39 is 17.8 Å². The first-order valence-corrected chi connectivity index (χ1v) is 10.7. The summed E-state index contributed by atoms with van der Waals surface area (Å²) in [6, 6.07) is 7.71. The summed E-state index contributed by atoms with van der Waals surface area (Å²) in [5.74, 6) is 0.955. The van der Waals surface area contributed by atoms with Gasteiger partial charge in [0.25, 0.3) is 0 Å². The van der Waals surface area contributed by atoms with Crippen LogP contribution in [0.5, 0.6) is 0 Å². The van der Waals surface area contributed by atoms with Crippen molar-refractivity contribution in [1.82, 2.24) is 9.38 Å². The van der Waals surface area contributed by atoms with Gasteiger partial charge in [-0.15, -0.1) is 0 Å². The number of aliphatic hydroxyl groups excluding tert-OH is 1. The maximum Gasteiger partial charge on any atom is 0.416 e. The minimum Gasteiger partial charge on any atom is -0.388 e. The third-order valence-electron chi connectivity index (χ3n) is 6.91. The number of rotatable bonds is 4. The molecule has 2 aromatic heterocycles. The molecule has 0 amide bonds. The van der Waals surface area contributed by atoms with Crippen LogP contribution in [-0.2, 0) is 6.18 Å². The summed E-state index contributed by atoms with van der Waals surface area (Å²) < 4.78 is 40.4. The molecule has 2 aliphatic carbocycles.